The Labute approximate surface area is 102 Å². The van der Waals surface area contributed by atoms with E-state index >= 15 is 0 Å². The summed E-state index contributed by atoms with van der Waals surface area (Å²) in [5, 5.41) is 0.677. The maximum Gasteiger partial charge on any atom is 0.171 e. The van der Waals surface area contributed by atoms with Gasteiger partial charge in [-0.1, -0.05) is 36.7 Å². The van der Waals surface area contributed by atoms with Crippen LogP contribution in [0.3, 0.4) is 0 Å². The first-order chi connectivity index (χ1) is 7.29. The summed E-state index contributed by atoms with van der Waals surface area (Å²) in [6, 6.07) is 1.92. The molecule has 5 heteroatoms. The Bertz CT molecular complexity index is 456. The SMILES string of the molecule is CCCCSc1nc2ncc(Cl)cc2s1. The molecule has 0 aliphatic carbocycles. The van der Waals surface area contributed by atoms with E-state index in [1.54, 1.807) is 29.3 Å². The lowest BCUT2D eigenvalue weighted by Crippen LogP contribution is -1.78. The standard InChI is InChI=1S/C10H11ClN2S2/c1-2-3-4-14-10-13-9-8(15-10)5-7(11)6-12-9/h5-6H,2-4H2,1H3. The molecule has 2 heterocycles. The molecule has 0 spiro atoms. The first-order valence-electron chi connectivity index (χ1n) is 4.84. The summed E-state index contributed by atoms with van der Waals surface area (Å²) in [4.78, 5) is 8.62. The van der Waals surface area contributed by atoms with Gasteiger partial charge in [0.1, 0.15) is 0 Å². The molecule has 0 saturated carbocycles. The van der Waals surface area contributed by atoms with Crippen LogP contribution >= 0.6 is 34.7 Å². The molecule has 0 unspecified atom stereocenters. The van der Waals surface area contributed by atoms with Crippen molar-refractivity contribution in [2.45, 2.75) is 24.1 Å². The van der Waals surface area contributed by atoms with Gasteiger partial charge in [0.15, 0.2) is 9.99 Å². The van der Waals surface area contributed by atoms with E-state index < -0.39 is 0 Å². The van der Waals surface area contributed by atoms with Gasteiger partial charge in [-0.2, -0.15) is 0 Å². The van der Waals surface area contributed by atoms with Crippen molar-refractivity contribution in [2.24, 2.45) is 0 Å². The van der Waals surface area contributed by atoms with E-state index in [0.29, 0.717) is 5.02 Å². The number of thiazole rings is 1. The molecule has 2 nitrogen and oxygen atoms in total. The minimum absolute atomic E-state index is 0.677. The number of halogens is 1. The highest BCUT2D eigenvalue weighted by molar-refractivity contribution is 8.01. The Morgan fingerprint density at radius 1 is 1.53 bits per heavy atom. The highest BCUT2D eigenvalue weighted by Crippen LogP contribution is 2.30. The van der Waals surface area contributed by atoms with Crippen LogP contribution in [0.15, 0.2) is 16.6 Å². The summed E-state index contributed by atoms with van der Waals surface area (Å²) in [7, 11) is 0. The number of thioether (sulfide) groups is 1. The predicted octanol–water partition coefficient (Wildman–Crippen LogP) is 4.24. The third kappa shape index (κ3) is 2.83. The van der Waals surface area contributed by atoms with Crippen LogP contribution in [0.1, 0.15) is 19.8 Å². The molecule has 0 aliphatic heterocycles. The fourth-order valence-electron chi connectivity index (χ4n) is 1.14. The quantitative estimate of drug-likeness (QED) is 0.606. The summed E-state index contributed by atoms with van der Waals surface area (Å²) >= 11 is 9.33. The van der Waals surface area contributed by atoms with E-state index in [0.717, 1.165) is 20.4 Å². The van der Waals surface area contributed by atoms with Crippen LogP contribution in [0.2, 0.25) is 5.02 Å². The zero-order valence-corrected chi connectivity index (χ0v) is 10.8. The minimum Gasteiger partial charge on any atom is -0.234 e. The second-order valence-corrected chi connectivity index (χ2v) is 5.97. The van der Waals surface area contributed by atoms with Crippen LogP contribution in [0.25, 0.3) is 10.3 Å². The second-order valence-electron chi connectivity index (χ2n) is 3.16. The predicted molar refractivity (Wildman–Crippen MR) is 68.1 cm³/mol. The molecule has 2 aromatic heterocycles. The molecular formula is C10H11ClN2S2. The Kier molecular flexibility index (Phi) is 3.83. The van der Waals surface area contributed by atoms with E-state index in [-0.39, 0.29) is 0 Å². The van der Waals surface area contributed by atoms with E-state index in [1.807, 2.05) is 6.07 Å². The molecule has 2 aromatic rings. The van der Waals surface area contributed by atoms with Gasteiger partial charge in [-0.05, 0) is 12.5 Å². The normalized spacial score (nSPS) is 11.1. The molecule has 0 atom stereocenters. The minimum atomic E-state index is 0.677. The number of rotatable bonds is 4. The number of aromatic nitrogens is 2. The third-order valence-electron chi connectivity index (χ3n) is 1.92. The van der Waals surface area contributed by atoms with E-state index in [9.17, 15) is 0 Å². The summed E-state index contributed by atoms with van der Waals surface area (Å²) in [5.74, 6) is 1.13. The van der Waals surface area contributed by atoms with Gasteiger partial charge in [0.2, 0.25) is 0 Å². The smallest absolute Gasteiger partial charge is 0.171 e. The summed E-state index contributed by atoms with van der Waals surface area (Å²) in [6.45, 7) is 2.19. The maximum absolute atomic E-state index is 5.86. The van der Waals surface area contributed by atoms with Gasteiger partial charge in [-0.3, -0.25) is 0 Å². The molecule has 0 bridgehead atoms. The van der Waals surface area contributed by atoms with Crippen molar-refractivity contribution in [3.63, 3.8) is 0 Å². The fourth-order valence-corrected chi connectivity index (χ4v) is 3.57. The van der Waals surface area contributed by atoms with Gasteiger partial charge >= 0.3 is 0 Å². The van der Waals surface area contributed by atoms with Crippen molar-refractivity contribution in [1.29, 1.82) is 0 Å². The van der Waals surface area contributed by atoms with Crippen molar-refractivity contribution in [3.05, 3.63) is 17.3 Å². The molecule has 0 fully saturated rings. The number of hydrogen-bond acceptors (Lipinski definition) is 4. The summed E-state index contributed by atoms with van der Waals surface area (Å²) < 4.78 is 2.16. The molecule has 2 rings (SSSR count). The van der Waals surface area contributed by atoms with Crippen LogP contribution in [0, 0.1) is 0 Å². The number of hydrogen-bond donors (Lipinski definition) is 0. The van der Waals surface area contributed by atoms with Gasteiger partial charge < -0.3 is 0 Å². The molecule has 80 valence electrons. The van der Waals surface area contributed by atoms with Crippen molar-refractivity contribution < 1.29 is 0 Å². The largest absolute Gasteiger partial charge is 0.234 e. The van der Waals surface area contributed by atoms with Gasteiger partial charge in [0, 0.05) is 11.9 Å². The lowest BCUT2D eigenvalue weighted by molar-refractivity contribution is 0.896. The molecule has 0 N–H and O–H groups in total. The number of unbranched alkanes of at least 4 members (excludes halogenated alkanes) is 1. The molecular weight excluding hydrogens is 248 g/mol. The average molecular weight is 259 g/mol. The van der Waals surface area contributed by atoms with Gasteiger partial charge in [-0.25, -0.2) is 9.97 Å². The lowest BCUT2D eigenvalue weighted by Gasteiger charge is -1.92. The first kappa shape index (κ1) is 11.2. The summed E-state index contributed by atoms with van der Waals surface area (Å²) in [5.41, 5.74) is 0.809. The molecule has 0 amide bonds. The number of nitrogens with zero attached hydrogens (tertiary/aromatic N) is 2. The van der Waals surface area contributed by atoms with E-state index in [1.165, 1.54) is 12.8 Å². The Hall–Kier alpha value is -0.320. The average Bonchev–Trinajstić information content (AvgIpc) is 2.60. The Morgan fingerprint density at radius 3 is 3.20 bits per heavy atom. The van der Waals surface area contributed by atoms with Crippen molar-refractivity contribution in [2.75, 3.05) is 5.75 Å². The molecule has 15 heavy (non-hydrogen) atoms. The van der Waals surface area contributed by atoms with E-state index in [4.69, 9.17) is 11.6 Å². The topological polar surface area (TPSA) is 25.8 Å². The second kappa shape index (κ2) is 5.14. The molecule has 0 radical (unpaired) electrons. The first-order valence-corrected chi connectivity index (χ1v) is 7.02. The van der Waals surface area contributed by atoms with Crippen LogP contribution in [-0.2, 0) is 0 Å². The number of pyridine rings is 1. The van der Waals surface area contributed by atoms with Crippen LogP contribution < -0.4 is 0 Å². The van der Waals surface area contributed by atoms with Crippen molar-refractivity contribution in [3.8, 4) is 0 Å². The van der Waals surface area contributed by atoms with Crippen LogP contribution in [0.4, 0.5) is 0 Å². The third-order valence-corrected chi connectivity index (χ3v) is 4.34. The highest BCUT2D eigenvalue weighted by Gasteiger charge is 2.05. The molecule has 0 aromatic carbocycles. The van der Waals surface area contributed by atoms with Gasteiger partial charge in [0.05, 0.1) is 9.72 Å². The van der Waals surface area contributed by atoms with Gasteiger partial charge in [0.25, 0.3) is 0 Å². The van der Waals surface area contributed by atoms with Crippen molar-refractivity contribution in [1.82, 2.24) is 9.97 Å². The Balaban J connectivity index is 2.16. The van der Waals surface area contributed by atoms with Gasteiger partial charge in [-0.15, -0.1) is 11.3 Å². The zero-order valence-electron chi connectivity index (χ0n) is 8.36. The molecule has 0 saturated heterocycles. The zero-order chi connectivity index (χ0) is 10.7. The lowest BCUT2D eigenvalue weighted by atomic mass is 10.4. The Morgan fingerprint density at radius 2 is 2.40 bits per heavy atom. The number of fused-ring (bicyclic) bond motifs is 1. The van der Waals surface area contributed by atoms with Crippen molar-refractivity contribution >= 4 is 45.0 Å². The maximum atomic E-state index is 5.86. The highest BCUT2D eigenvalue weighted by atomic mass is 35.5. The van der Waals surface area contributed by atoms with Crippen LogP contribution in [0.5, 0.6) is 0 Å². The monoisotopic (exact) mass is 258 g/mol. The van der Waals surface area contributed by atoms with E-state index in [2.05, 4.69) is 16.9 Å². The molecule has 0 aliphatic rings. The van der Waals surface area contributed by atoms with Crippen LogP contribution in [-0.4, -0.2) is 15.7 Å². The summed E-state index contributed by atoms with van der Waals surface area (Å²) in [6.07, 6.45) is 4.10. The fraction of sp³-hybridized carbons (Fsp3) is 0.400.